The van der Waals surface area contributed by atoms with E-state index in [4.69, 9.17) is 4.42 Å². The molecule has 0 aliphatic rings. The lowest BCUT2D eigenvalue weighted by Gasteiger charge is -2.03. The SMILES string of the molecule is CCc1cn[nH]c1NC(=O)c1oc2c(F)cccc2c1C. The van der Waals surface area contributed by atoms with E-state index in [0.717, 1.165) is 12.0 Å². The Morgan fingerprint density at radius 2 is 2.29 bits per heavy atom. The van der Waals surface area contributed by atoms with Gasteiger partial charge in [-0.3, -0.25) is 9.89 Å². The third kappa shape index (κ3) is 2.18. The molecule has 0 aliphatic heterocycles. The highest BCUT2D eigenvalue weighted by molar-refractivity contribution is 6.06. The van der Waals surface area contributed by atoms with Crippen molar-refractivity contribution >= 4 is 22.7 Å². The molecule has 0 spiro atoms. The molecule has 0 unspecified atom stereocenters. The van der Waals surface area contributed by atoms with Gasteiger partial charge in [0.2, 0.25) is 0 Å². The van der Waals surface area contributed by atoms with Gasteiger partial charge in [0.05, 0.1) is 6.20 Å². The number of aromatic amines is 1. The Morgan fingerprint density at radius 3 is 3.00 bits per heavy atom. The summed E-state index contributed by atoms with van der Waals surface area (Å²) in [5, 5.41) is 9.92. The van der Waals surface area contributed by atoms with E-state index in [2.05, 4.69) is 15.5 Å². The third-order valence-corrected chi connectivity index (χ3v) is 3.46. The second-order valence-electron chi connectivity index (χ2n) is 4.75. The van der Waals surface area contributed by atoms with Gasteiger partial charge in [0.1, 0.15) is 5.82 Å². The quantitative estimate of drug-likeness (QED) is 0.775. The molecule has 1 aromatic carbocycles. The first-order chi connectivity index (χ1) is 10.1. The normalized spacial score (nSPS) is 11.0. The Hall–Kier alpha value is -2.63. The highest BCUT2D eigenvalue weighted by atomic mass is 19.1. The van der Waals surface area contributed by atoms with Gasteiger partial charge in [-0.15, -0.1) is 0 Å². The van der Waals surface area contributed by atoms with E-state index >= 15 is 0 Å². The first-order valence-corrected chi connectivity index (χ1v) is 6.63. The van der Waals surface area contributed by atoms with E-state index in [1.165, 1.54) is 6.07 Å². The monoisotopic (exact) mass is 287 g/mol. The lowest BCUT2D eigenvalue weighted by molar-refractivity contribution is 0.0997. The van der Waals surface area contributed by atoms with Crippen LogP contribution in [0.4, 0.5) is 10.2 Å². The minimum atomic E-state index is -0.481. The van der Waals surface area contributed by atoms with Crippen molar-refractivity contribution in [2.24, 2.45) is 0 Å². The molecule has 108 valence electrons. The number of H-pyrrole nitrogens is 1. The number of aromatic nitrogens is 2. The van der Waals surface area contributed by atoms with E-state index in [9.17, 15) is 9.18 Å². The zero-order valence-corrected chi connectivity index (χ0v) is 11.7. The number of furan rings is 1. The first-order valence-electron chi connectivity index (χ1n) is 6.63. The molecule has 0 radical (unpaired) electrons. The van der Waals surface area contributed by atoms with E-state index in [-0.39, 0.29) is 11.3 Å². The number of carbonyl (C=O) groups excluding carboxylic acids is 1. The number of aryl methyl sites for hydroxylation is 2. The molecule has 2 aromatic heterocycles. The van der Waals surface area contributed by atoms with Crippen LogP contribution in [0.2, 0.25) is 0 Å². The summed E-state index contributed by atoms with van der Waals surface area (Å²) in [6.45, 7) is 3.69. The maximum absolute atomic E-state index is 13.7. The van der Waals surface area contributed by atoms with Crippen LogP contribution in [0.1, 0.15) is 28.6 Å². The number of benzene rings is 1. The molecule has 2 heterocycles. The molecule has 3 aromatic rings. The van der Waals surface area contributed by atoms with Crippen molar-refractivity contribution < 1.29 is 13.6 Å². The highest BCUT2D eigenvalue weighted by Gasteiger charge is 2.20. The van der Waals surface area contributed by atoms with Crippen molar-refractivity contribution in [2.45, 2.75) is 20.3 Å². The second-order valence-corrected chi connectivity index (χ2v) is 4.75. The molecule has 1 amide bonds. The van der Waals surface area contributed by atoms with Gasteiger partial charge in [0.15, 0.2) is 17.2 Å². The van der Waals surface area contributed by atoms with E-state index in [1.54, 1.807) is 25.3 Å². The molecule has 0 bridgehead atoms. The number of amides is 1. The Bertz CT molecular complexity index is 820. The zero-order chi connectivity index (χ0) is 15.0. The van der Waals surface area contributed by atoms with Crippen LogP contribution in [0.15, 0.2) is 28.8 Å². The number of carbonyl (C=O) groups is 1. The van der Waals surface area contributed by atoms with Gasteiger partial charge in [-0.25, -0.2) is 4.39 Å². The number of hydrogen-bond acceptors (Lipinski definition) is 3. The molecule has 21 heavy (non-hydrogen) atoms. The van der Waals surface area contributed by atoms with Crippen LogP contribution in [0.3, 0.4) is 0 Å². The summed E-state index contributed by atoms with van der Waals surface area (Å²) in [7, 11) is 0. The standard InChI is InChI=1S/C15H14FN3O2/c1-3-9-7-17-19-14(9)18-15(20)12-8(2)10-5-4-6-11(16)13(10)21-12/h4-7H,3H2,1-2H3,(H2,17,18,19,20). The van der Waals surface area contributed by atoms with Crippen LogP contribution in [-0.2, 0) is 6.42 Å². The molecule has 6 heteroatoms. The van der Waals surface area contributed by atoms with Gasteiger partial charge in [0, 0.05) is 16.5 Å². The number of nitrogens with zero attached hydrogens (tertiary/aromatic N) is 1. The minimum Gasteiger partial charge on any atom is -0.448 e. The number of rotatable bonds is 3. The molecule has 2 N–H and O–H groups in total. The summed E-state index contributed by atoms with van der Waals surface area (Å²) in [4.78, 5) is 12.3. The Balaban J connectivity index is 1.99. The molecular weight excluding hydrogens is 273 g/mol. The van der Waals surface area contributed by atoms with Gasteiger partial charge in [-0.05, 0) is 19.4 Å². The van der Waals surface area contributed by atoms with Crippen molar-refractivity contribution in [3.63, 3.8) is 0 Å². The molecule has 0 saturated heterocycles. The van der Waals surface area contributed by atoms with Crippen LogP contribution < -0.4 is 5.32 Å². The molecule has 0 fully saturated rings. The van der Waals surface area contributed by atoms with Crippen molar-refractivity contribution in [2.75, 3.05) is 5.32 Å². The van der Waals surface area contributed by atoms with Crippen molar-refractivity contribution in [3.8, 4) is 0 Å². The fourth-order valence-electron chi connectivity index (χ4n) is 2.28. The molecule has 0 aliphatic carbocycles. The average Bonchev–Trinajstić information content (AvgIpc) is 3.05. The first kappa shape index (κ1) is 13.4. The lowest BCUT2D eigenvalue weighted by Crippen LogP contribution is -2.13. The van der Waals surface area contributed by atoms with E-state index < -0.39 is 11.7 Å². The largest absolute Gasteiger partial charge is 0.448 e. The number of nitrogens with one attached hydrogen (secondary N) is 2. The fraction of sp³-hybridized carbons (Fsp3) is 0.200. The predicted molar refractivity (Wildman–Crippen MR) is 76.8 cm³/mol. The summed E-state index contributed by atoms with van der Waals surface area (Å²) in [5.41, 5.74) is 1.60. The summed E-state index contributed by atoms with van der Waals surface area (Å²) in [6.07, 6.45) is 2.39. The van der Waals surface area contributed by atoms with Crippen molar-refractivity contribution in [3.05, 3.63) is 47.1 Å². The molecule has 5 nitrogen and oxygen atoms in total. The fourth-order valence-corrected chi connectivity index (χ4v) is 2.28. The summed E-state index contributed by atoms with van der Waals surface area (Å²) >= 11 is 0. The van der Waals surface area contributed by atoms with Gasteiger partial charge in [0.25, 0.3) is 5.91 Å². The maximum atomic E-state index is 13.7. The summed E-state index contributed by atoms with van der Waals surface area (Å²) in [5.74, 6) is -0.276. The van der Waals surface area contributed by atoms with Crippen molar-refractivity contribution in [1.82, 2.24) is 10.2 Å². The molecule has 0 saturated carbocycles. The Kier molecular flexibility index (Phi) is 3.21. The Morgan fingerprint density at radius 1 is 1.48 bits per heavy atom. The maximum Gasteiger partial charge on any atom is 0.292 e. The summed E-state index contributed by atoms with van der Waals surface area (Å²) in [6, 6.07) is 4.62. The van der Waals surface area contributed by atoms with Crippen LogP contribution >= 0.6 is 0 Å². The number of hydrogen-bond donors (Lipinski definition) is 2. The van der Waals surface area contributed by atoms with Crippen LogP contribution in [0, 0.1) is 12.7 Å². The van der Waals surface area contributed by atoms with E-state index in [0.29, 0.717) is 16.8 Å². The number of fused-ring (bicyclic) bond motifs is 1. The highest BCUT2D eigenvalue weighted by Crippen LogP contribution is 2.27. The number of halogens is 1. The second kappa shape index (κ2) is 5.05. The van der Waals surface area contributed by atoms with Gasteiger partial charge < -0.3 is 9.73 Å². The zero-order valence-electron chi connectivity index (χ0n) is 11.7. The van der Waals surface area contributed by atoms with Crippen LogP contribution in [0.25, 0.3) is 11.0 Å². The van der Waals surface area contributed by atoms with Crippen LogP contribution in [0.5, 0.6) is 0 Å². The van der Waals surface area contributed by atoms with Crippen molar-refractivity contribution in [1.29, 1.82) is 0 Å². The topological polar surface area (TPSA) is 70.9 Å². The van der Waals surface area contributed by atoms with E-state index in [1.807, 2.05) is 6.92 Å². The van der Waals surface area contributed by atoms with Gasteiger partial charge >= 0.3 is 0 Å². The van der Waals surface area contributed by atoms with Gasteiger partial charge in [-0.2, -0.15) is 5.10 Å². The molecule has 3 rings (SSSR count). The number of para-hydroxylation sites is 1. The number of anilines is 1. The Labute approximate surface area is 120 Å². The third-order valence-electron chi connectivity index (χ3n) is 3.46. The summed E-state index contributed by atoms with van der Waals surface area (Å²) < 4.78 is 19.1. The molecular formula is C15H14FN3O2. The smallest absolute Gasteiger partial charge is 0.292 e. The predicted octanol–water partition coefficient (Wildman–Crippen LogP) is 3.42. The van der Waals surface area contributed by atoms with Gasteiger partial charge in [-0.1, -0.05) is 19.1 Å². The van der Waals surface area contributed by atoms with Crippen LogP contribution in [-0.4, -0.2) is 16.1 Å². The lowest BCUT2D eigenvalue weighted by atomic mass is 10.1. The molecule has 0 atom stereocenters. The average molecular weight is 287 g/mol. The minimum absolute atomic E-state index is 0.0977.